The van der Waals surface area contributed by atoms with E-state index in [4.69, 9.17) is 8.85 Å². The summed E-state index contributed by atoms with van der Waals surface area (Å²) in [4.78, 5) is 0. The van der Waals surface area contributed by atoms with Gasteiger partial charge in [0.1, 0.15) is 0 Å². The fourth-order valence-corrected chi connectivity index (χ4v) is 6.46. The molecule has 0 heterocycles. The van der Waals surface area contributed by atoms with Crippen LogP contribution in [0.1, 0.15) is 47.0 Å². The second-order valence-electron chi connectivity index (χ2n) is 7.12. The van der Waals surface area contributed by atoms with Crippen LogP contribution >= 0.6 is 0 Å². The molecule has 0 saturated heterocycles. The highest BCUT2D eigenvalue weighted by atomic mass is 28.4. The maximum Gasteiger partial charge on any atom is 0.407 e. The van der Waals surface area contributed by atoms with E-state index in [0.717, 1.165) is 6.42 Å². The van der Waals surface area contributed by atoms with Crippen molar-refractivity contribution < 1.29 is 8.85 Å². The van der Waals surface area contributed by atoms with Crippen LogP contribution in [-0.4, -0.2) is 21.3 Å². The average Bonchev–Trinajstić information content (AvgIpc) is 2.65. The van der Waals surface area contributed by atoms with Gasteiger partial charge < -0.3 is 8.85 Å². The summed E-state index contributed by atoms with van der Waals surface area (Å²) in [5.41, 5.74) is 0. The van der Waals surface area contributed by atoms with Gasteiger partial charge in [0.15, 0.2) is 0 Å². The van der Waals surface area contributed by atoms with Gasteiger partial charge in [0.25, 0.3) is 0 Å². The van der Waals surface area contributed by atoms with E-state index in [1.807, 2.05) is 0 Å². The monoisotopic (exact) mass is 356 g/mol. The summed E-state index contributed by atoms with van der Waals surface area (Å²) in [6, 6.07) is 21.1. The molecule has 0 fully saturated rings. The Bertz CT molecular complexity index is 558. The Kier molecular flexibility index (Phi) is 7.88. The largest absolute Gasteiger partial charge is 0.407 e. The van der Waals surface area contributed by atoms with E-state index in [1.54, 1.807) is 0 Å². The molecule has 1 unspecified atom stereocenters. The van der Waals surface area contributed by atoms with Crippen LogP contribution in [0.4, 0.5) is 0 Å². The molecule has 0 spiro atoms. The number of unbranched alkanes of at least 4 members (excludes halogenated alkanes) is 1. The van der Waals surface area contributed by atoms with Gasteiger partial charge in [-0.25, -0.2) is 0 Å². The zero-order chi connectivity index (χ0) is 18.1. The summed E-state index contributed by atoms with van der Waals surface area (Å²) in [5.74, 6) is 0.467. The lowest BCUT2D eigenvalue weighted by atomic mass is 10.2. The van der Waals surface area contributed by atoms with Gasteiger partial charge in [0.05, 0.1) is 0 Å². The van der Waals surface area contributed by atoms with Crippen LogP contribution in [-0.2, 0) is 8.85 Å². The predicted molar refractivity (Wildman–Crippen MR) is 109 cm³/mol. The van der Waals surface area contributed by atoms with Gasteiger partial charge in [-0.1, -0.05) is 94.3 Å². The summed E-state index contributed by atoms with van der Waals surface area (Å²) in [6.07, 6.45) is 3.61. The SMILES string of the molecule is CCCCC(C)O[Si](OCC(C)C)(c1ccccc1)c1ccccc1. The minimum absolute atomic E-state index is 0.180. The Morgan fingerprint density at radius 1 is 0.840 bits per heavy atom. The van der Waals surface area contributed by atoms with Crippen LogP contribution in [0.2, 0.25) is 0 Å². The normalized spacial score (nSPS) is 13.2. The Morgan fingerprint density at radius 2 is 1.36 bits per heavy atom. The van der Waals surface area contributed by atoms with Crippen LogP contribution in [0.3, 0.4) is 0 Å². The highest BCUT2D eigenvalue weighted by Crippen LogP contribution is 2.17. The minimum atomic E-state index is -2.72. The zero-order valence-corrected chi connectivity index (χ0v) is 17.1. The number of rotatable bonds is 10. The van der Waals surface area contributed by atoms with Gasteiger partial charge in [0, 0.05) is 12.7 Å². The molecule has 0 aromatic heterocycles. The van der Waals surface area contributed by atoms with Crippen LogP contribution in [0.25, 0.3) is 0 Å². The second-order valence-corrected chi connectivity index (χ2v) is 10.0. The summed E-state index contributed by atoms with van der Waals surface area (Å²) < 4.78 is 13.4. The van der Waals surface area contributed by atoms with E-state index in [0.29, 0.717) is 12.5 Å². The quantitative estimate of drug-likeness (QED) is 0.583. The van der Waals surface area contributed by atoms with Gasteiger partial charge in [-0.2, -0.15) is 0 Å². The maximum atomic E-state index is 6.78. The molecule has 0 saturated carbocycles. The molecule has 2 aromatic rings. The molecule has 136 valence electrons. The van der Waals surface area contributed by atoms with Crippen molar-refractivity contribution in [3.05, 3.63) is 60.7 Å². The third kappa shape index (κ3) is 5.53. The molecule has 2 aromatic carbocycles. The Labute approximate surface area is 154 Å². The highest BCUT2D eigenvalue weighted by Gasteiger charge is 2.44. The van der Waals surface area contributed by atoms with Crippen molar-refractivity contribution in [1.82, 2.24) is 0 Å². The van der Waals surface area contributed by atoms with Gasteiger partial charge in [-0.3, -0.25) is 0 Å². The molecule has 25 heavy (non-hydrogen) atoms. The van der Waals surface area contributed by atoms with Crippen molar-refractivity contribution in [2.75, 3.05) is 6.61 Å². The van der Waals surface area contributed by atoms with Gasteiger partial charge in [-0.15, -0.1) is 0 Å². The van der Waals surface area contributed by atoms with Crippen molar-refractivity contribution in [2.45, 2.75) is 53.1 Å². The molecule has 1 atom stereocenters. The zero-order valence-electron chi connectivity index (χ0n) is 16.1. The van der Waals surface area contributed by atoms with E-state index in [9.17, 15) is 0 Å². The van der Waals surface area contributed by atoms with Crippen LogP contribution in [0.5, 0.6) is 0 Å². The van der Waals surface area contributed by atoms with E-state index >= 15 is 0 Å². The molecule has 0 N–H and O–H groups in total. The van der Waals surface area contributed by atoms with Crippen LogP contribution < -0.4 is 10.4 Å². The van der Waals surface area contributed by atoms with E-state index in [1.165, 1.54) is 23.2 Å². The number of benzene rings is 2. The van der Waals surface area contributed by atoms with Crippen molar-refractivity contribution in [1.29, 1.82) is 0 Å². The fourth-order valence-electron chi connectivity index (χ4n) is 2.94. The topological polar surface area (TPSA) is 18.5 Å². The van der Waals surface area contributed by atoms with Gasteiger partial charge >= 0.3 is 8.56 Å². The molecule has 2 rings (SSSR count). The van der Waals surface area contributed by atoms with E-state index in [2.05, 4.69) is 88.4 Å². The van der Waals surface area contributed by atoms with Gasteiger partial charge in [-0.05, 0) is 29.6 Å². The second kappa shape index (κ2) is 9.90. The Hall–Kier alpha value is -1.42. The molecular weight excluding hydrogens is 324 g/mol. The minimum Gasteiger partial charge on any atom is -0.387 e. The molecule has 0 aliphatic rings. The molecule has 0 amide bonds. The van der Waals surface area contributed by atoms with Gasteiger partial charge in [0.2, 0.25) is 0 Å². The first-order chi connectivity index (χ1) is 12.1. The first kappa shape index (κ1) is 19.9. The van der Waals surface area contributed by atoms with Crippen molar-refractivity contribution in [2.24, 2.45) is 5.92 Å². The van der Waals surface area contributed by atoms with Crippen LogP contribution in [0, 0.1) is 5.92 Å². The third-order valence-electron chi connectivity index (χ3n) is 4.26. The summed E-state index contributed by atoms with van der Waals surface area (Å²) in [5, 5.41) is 2.37. The predicted octanol–water partition coefficient (Wildman–Crippen LogP) is 4.51. The molecular formula is C22H32O2Si. The first-order valence-electron chi connectivity index (χ1n) is 9.51. The summed E-state index contributed by atoms with van der Waals surface area (Å²) >= 11 is 0. The van der Waals surface area contributed by atoms with E-state index in [-0.39, 0.29) is 6.10 Å². The molecule has 0 aliphatic heterocycles. The lowest BCUT2D eigenvalue weighted by Gasteiger charge is -2.35. The standard InChI is InChI=1S/C22H32O2Si/c1-5-6-13-20(4)24-25(23-18-19(2)3,21-14-9-7-10-15-21)22-16-11-8-12-17-22/h7-12,14-17,19-20H,5-6,13,18H2,1-4H3. The lowest BCUT2D eigenvalue weighted by molar-refractivity contribution is 0.124. The molecule has 3 heteroatoms. The molecule has 0 bridgehead atoms. The maximum absolute atomic E-state index is 6.78. The summed E-state index contributed by atoms with van der Waals surface area (Å²) in [6.45, 7) is 9.49. The van der Waals surface area contributed by atoms with Crippen LogP contribution in [0.15, 0.2) is 60.7 Å². The number of hydrogen-bond donors (Lipinski definition) is 0. The molecule has 2 nitrogen and oxygen atoms in total. The van der Waals surface area contributed by atoms with Crippen molar-refractivity contribution in [3.8, 4) is 0 Å². The Balaban J connectivity index is 2.45. The number of hydrogen-bond acceptors (Lipinski definition) is 2. The highest BCUT2D eigenvalue weighted by molar-refractivity contribution is 6.92. The summed E-state index contributed by atoms with van der Waals surface area (Å²) in [7, 11) is -2.72. The fraction of sp³-hybridized carbons (Fsp3) is 0.455. The first-order valence-corrected chi connectivity index (χ1v) is 11.3. The lowest BCUT2D eigenvalue weighted by Crippen LogP contribution is -2.64. The van der Waals surface area contributed by atoms with Crippen molar-refractivity contribution >= 4 is 18.9 Å². The molecule has 0 aliphatic carbocycles. The third-order valence-corrected chi connectivity index (χ3v) is 7.75. The average molecular weight is 357 g/mol. The molecule has 0 radical (unpaired) electrons. The smallest absolute Gasteiger partial charge is 0.387 e. The van der Waals surface area contributed by atoms with E-state index < -0.39 is 8.56 Å². The Morgan fingerprint density at radius 3 is 1.80 bits per heavy atom. The van der Waals surface area contributed by atoms with Crippen molar-refractivity contribution in [3.63, 3.8) is 0 Å².